The van der Waals surface area contributed by atoms with Crippen molar-refractivity contribution in [2.75, 3.05) is 4.90 Å². The van der Waals surface area contributed by atoms with Gasteiger partial charge in [0.25, 0.3) is 0 Å². The molecule has 11 aromatic carbocycles. The summed E-state index contributed by atoms with van der Waals surface area (Å²) < 4.78 is 2.40. The second kappa shape index (κ2) is 15.8. The number of fused-ring (bicyclic) bond motifs is 6. The van der Waals surface area contributed by atoms with E-state index in [4.69, 9.17) is 0 Å². The Morgan fingerprint density at radius 2 is 0.781 bits per heavy atom. The molecular weight excluding hydrogens is 773 g/mol. The van der Waals surface area contributed by atoms with Gasteiger partial charge in [-0.2, -0.15) is 0 Å². The van der Waals surface area contributed by atoms with Crippen LogP contribution in [0.25, 0.3) is 93.5 Å². The number of anilines is 3. The highest BCUT2D eigenvalue weighted by atomic mass is 15.2. The molecule has 12 aromatic rings. The monoisotopic (exact) mass is 814 g/mol. The molecule has 0 fully saturated rings. The molecule has 0 bridgehead atoms. The number of hydrogen-bond donors (Lipinski definition) is 0. The van der Waals surface area contributed by atoms with E-state index in [9.17, 15) is 0 Å². The maximum Gasteiger partial charge on any atom is 0.0562 e. The molecule has 1 aromatic heterocycles. The summed E-state index contributed by atoms with van der Waals surface area (Å²) in [7, 11) is 0. The molecule has 0 aliphatic rings. The average Bonchev–Trinajstić information content (AvgIpc) is 3.72. The molecule has 0 aliphatic carbocycles. The summed E-state index contributed by atoms with van der Waals surface area (Å²) in [6, 6.07) is 92.7. The summed E-state index contributed by atoms with van der Waals surface area (Å²) in [5.74, 6) is 0. The molecule has 0 saturated carbocycles. The van der Waals surface area contributed by atoms with E-state index in [-0.39, 0.29) is 0 Å². The Morgan fingerprint density at radius 1 is 0.281 bits per heavy atom. The van der Waals surface area contributed by atoms with Crippen LogP contribution >= 0.6 is 0 Å². The first kappa shape index (κ1) is 37.3. The van der Waals surface area contributed by atoms with Gasteiger partial charge in [0, 0.05) is 27.7 Å². The van der Waals surface area contributed by atoms with Crippen molar-refractivity contribution in [2.24, 2.45) is 0 Å². The second-order valence-corrected chi connectivity index (χ2v) is 16.4. The maximum absolute atomic E-state index is 2.49. The molecule has 0 aliphatic heterocycles. The fourth-order valence-electron chi connectivity index (χ4n) is 9.97. The fraction of sp³-hybridized carbons (Fsp3) is 0. The first-order chi connectivity index (χ1) is 31.8. The van der Waals surface area contributed by atoms with Crippen LogP contribution in [0.5, 0.6) is 0 Å². The van der Waals surface area contributed by atoms with Crippen molar-refractivity contribution in [3.63, 3.8) is 0 Å². The van der Waals surface area contributed by atoms with E-state index in [0.717, 1.165) is 33.8 Å². The lowest BCUT2D eigenvalue weighted by atomic mass is 9.88. The van der Waals surface area contributed by atoms with Crippen molar-refractivity contribution in [3.8, 4) is 50.2 Å². The lowest BCUT2D eigenvalue weighted by Gasteiger charge is -2.29. The van der Waals surface area contributed by atoms with Gasteiger partial charge in [0.05, 0.1) is 22.4 Å². The number of para-hydroxylation sites is 3. The molecule has 0 unspecified atom stereocenters. The Morgan fingerprint density at radius 3 is 1.53 bits per heavy atom. The van der Waals surface area contributed by atoms with Crippen LogP contribution in [-0.2, 0) is 0 Å². The maximum atomic E-state index is 2.49. The van der Waals surface area contributed by atoms with E-state index in [0.29, 0.717) is 0 Å². The van der Waals surface area contributed by atoms with Gasteiger partial charge in [-0.25, -0.2) is 0 Å². The molecule has 12 rings (SSSR count). The molecule has 0 N–H and O–H groups in total. The van der Waals surface area contributed by atoms with Gasteiger partial charge in [0.1, 0.15) is 0 Å². The predicted molar refractivity (Wildman–Crippen MR) is 272 cm³/mol. The van der Waals surface area contributed by atoms with E-state index in [1.54, 1.807) is 0 Å². The zero-order chi connectivity index (χ0) is 42.4. The summed E-state index contributed by atoms with van der Waals surface area (Å²) in [4.78, 5) is 2.49. The van der Waals surface area contributed by atoms with E-state index >= 15 is 0 Å². The lowest BCUT2D eigenvalue weighted by Crippen LogP contribution is -2.12. The smallest absolute Gasteiger partial charge is 0.0562 e. The van der Waals surface area contributed by atoms with Gasteiger partial charge in [0.2, 0.25) is 0 Å². The summed E-state index contributed by atoms with van der Waals surface area (Å²) in [6.07, 6.45) is 0. The lowest BCUT2D eigenvalue weighted by molar-refractivity contribution is 1.18. The molecule has 64 heavy (non-hydrogen) atoms. The van der Waals surface area contributed by atoms with Crippen LogP contribution in [0.2, 0.25) is 0 Å². The molecule has 0 spiro atoms. The summed E-state index contributed by atoms with van der Waals surface area (Å²) in [5.41, 5.74) is 16.3. The first-order valence-corrected chi connectivity index (χ1v) is 22.0. The van der Waals surface area contributed by atoms with Crippen molar-refractivity contribution < 1.29 is 0 Å². The topological polar surface area (TPSA) is 8.17 Å². The highest BCUT2D eigenvalue weighted by Gasteiger charge is 2.24. The van der Waals surface area contributed by atoms with Crippen LogP contribution < -0.4 is 4.90 Å². The molecule has 0 amide bonds. The number of benzene rings is 11. The van der Waals surface area contributed by atoms with Crippen LogP contribution in [0.4, 0.5) is 17.1 Å². The van der Waals surface area contributed by atoms with E-state index in [2.05, 4.69) is 264 Å². The van der Waals surface area contributed by atoms with Gasteiger partial charge in [-0.3, -0.25) is 0 Å². The van der Waals surface area contributed by atoms with Crippen molar-refractivity contribution in [1.82, 2.24) is 4.57 Å². The van der Waals surface area contributed by atoms with Crippen LogP contribution in [0.1, 0.15) is 0 Å². The standard InChI is InChI=1S/C62H42N2/c1-3-20-43(21-4-1)48-25-9-10-27-50(48)52-29-12-13-30-53(52)55-32-15-17-34-58(55)64(61-37-19-36-60-62(61)56-33-16-18-35-59(56)63(60)46-23-5-2-6-24-46)47-40-38-44(39-41-47)57-42-45-22-7-8-26-49(45)51-28-11-14-31-54(51)57/h1-42H. The number of nitrogens with zero attached hydrogens (tertiary/aromatic N) is 2. The fourth-order valence-corrected chi connectivity index (χ4v) is 9.97. The summed E-state index contributed by atoms with van der Waals surface area (Å²) in [6.45, 7) is 0. The highest BCUT2D eigenvalue weighted by molar-refractivity contribution is 6.17. The normalized spacial score (nSPS) is 11.4. The Hall–Kier alpha value is -8.46. The zero-order valence-corrected chi connectivity index (χ0v) is 35.1. The quantitative estimate of drug-likeness (QED) is 0.139. The molecule has 1 heterocycles. The van der Waals surface area contributed by atoms with Crippen LogP contribution in [0.15, 0.2) is 255 Å². The Bertz CT molecular complexity index is 3660. The van der Waals surface area contributed by atoms with Gasteiger partial charge < -0.3 is 9.47 Å². The minimum Gasteiger partial charge on any atom is -0.309 e. The zero-order valence-electron chi connectivity index (χ0n) is 35.1. The predicted octanol–water partition coefficient (Wildman–Crippen LogP) is 17.2. The van der Waals surface area contributed by atoms with Crippen LogP contribution in [-0.4, -0.2) is 4.57 Å². The van der Waals surface area contributed by atoms with Gasteiger partial charge in [-0.05, 0) is 115 Å². The molecule has 300 valence electrons. The number of rotatable bonds is 8. The summed E-state index contributed by atoms with van der Waals surface area (Å²) in [5, 5.41) is 7.44. The third-order valence-electron chi connectivity index (χ3n) is 12.8. The third kappa shape index (κ3) is 6.27. The minimum atomic E-state index is 1.08. The largest absolute Gasteiger partial charge is 0.309 e. The van der Waals surface area contributed by atoms with E-state index < -0.39 is 0 Å². The Labute approximate surface area is 373 Å². The Kier molecular flexibility index (Phi) is 9.20. The van der Waals surface area contributed by atoms with Crippen molar-refractivity contribution in [2.45, 2.75) is 0 Å². The molecule has 0 radical (unpaired) electrons. The molecule has 0 atom stereocenters. The SMILES string of the molecule is c1ccc(-c2ccccc2-c2ccccc2-c2ccccc2N(c2ccc(-c3cc4ccccc4c4ccccc34)cc2)c2cccc3c2c2ccccc2n3-c2ccccc2)cc1. The minimum absolute atomic E-state index is 1.08. The van der Waals surface area contributed by atoms with Crippen molar-refractivity contribution in [3.05, 3.63) is 255 Å². The Balaban J connectivity index is 1.11. The third-order valence-corrected chi connectivity index (χ3v) is 12.8. The molecule has 0 saturated heterocycles. The highest BCUT2D eigenvalue weighted by Crippen LogP contribution is 2.49. The van der Waals surface area contributed by atoms with Gasteiger partial charge in [0.15, 0.2) is 0 Å². The van der Waals surface area contributed by atoms with Crippen LogP contribution in [0.3, 0.4) is 0 Å². The second-order valence-electron chi connectivity index (χ2n) is 16.4. The van der Waals surface area contributed by atoms with Gasteiger partial charge in [-0.1, -0.05) is 200 Å². The van der Waals surface area contributed by atoms with Crippen LogP contribution in [0, 0.1) is 0 Å². The van der Waals surface area contributed by atoms with Crippen molar-refractivity contribution >= 4 is 60.4 Å². The summed E-state index contributed by atoms with van der Waals surface area (Å²) >= 11 is 0. The molecular formula is C62H42N2. The first-order valence-electron chi connectivity index (χ1n) is 22.0. The number of hydrogen-bond acceptors (Lipinski definition) is 1. The number of aromatic nitrogens is 1. The van der Waals surface area contributed by atoms with E-state index in [1.165, 1.54) is 76.8 Å². The van der Waals surface area contributed by atoms with Crippen molar-refractivity contribution in [1.29, 1.82) is 0 Å². The average molecular weight is 815 g/mol. The van der Waals surface area contributed by atoms with Gasteiger partial charge >= 0.3 is 0 Å². The van der Waals surface area contributed by atoms with Gasteiger partial charge in [-0.15, -0.1) is 0 Å². The molecule has 2 nitrogen and oxygen atoms in total. The molecule has 2 heteroatoms. The van der Waals surface area contributed by atoms with E-state index in [1.807, 2.05) is 0 Å².